The maximum absolute atomic E-state index is 13.5. The molecule has 0 radical (unpaired) electrons. The van der Waals surface area contributed by atoms with Gasteiger partial charge in [0.1, 0.15) is 22.1 Å². The molecular formula is C18H18FNO4S2. The third kappa shape index (κ3) is 3.73. The molecule has 5 nitrogen and oxygen atoms in total. The van der Waals surface area contributed by atoms with E-state index in [4.69, 9.17) is 4.74 Å². The maximum atomic E-state index is 13.5. The first-order chi connectivity index (χ1) is 12.2. The van der Waals surface area contributed by atoms with Gasteiger partial charge in [-0.2, -0.15) is 0 Å². The van der Waals surface area contributed by atoms with Crippen LogP contribution in [0.15, 0.2) is 53.4 Å². The van der Waals surface area contributed by atoms with Gasteiger partial charge in [0, 0.05) is 16.1 Å². The van der Waals surface area contributed by atoms with Crippen LogP contribution in [-0.2, 0) is 15.6 Å². The third-order valence-corrected chi connectivity index (χ3v) is 6.77. The third-order valence-electron chi connectivity index (χ3n) is 3.98. The van der Waals surface area contributed by atoms with Gasteiger partial charge in [-0.25, -0.2) is 17.5 Å². The molecule has 0 fully saturated rings. The average molecular weight is 395 g/mol. The minimum Gasteiger partial charge on any atom is -0.495 e. The fourth-order valence-electron chi connectivity index (χ4n) is 2.51. The average Bonchev–Trinajstić information content (AvgIpc) is 3.05. The summed E-state index contributed by atoms with van der Waals surface area (Å²) in [7, 11) is -2.76. The number of halogens is 1. The Hall–Kier alpha value is -2.00. The van der Waals surface area contributed by atoms with Crippen LogP contribution in [0.2, 0.25) is 0 Å². The number of sulfonamides is 1. The smallest absolute Gasteiger partial charge is 0.244 e. The predicted molar refractivity (Wildman–Crippen MR) is 99.5 cm³/mol. The summed E-state index contributed by atoms with van der Waals surface area (Å²) in [5, 5.41) is 11.7. The van der Waals surface area contributed by atoms with Crippen molar-refractivity contribution in [3.8, 4) is 5.75 Å². The van der Waals surface area contributed by atoms with Crippen LogP contribution in [-0.4, -0.2) is 27.2 Å². The van der Waals surface area contributed by atoms with Crippen LogP contribution in [0.25, 0.3) is 10.1 Å². The highest BCUT2D eigenvalue weighted by atomic mass is 32.2. The first-order valence-corrected chi connectivity index (χ1v) is 10.1. The molecule has 1 aromatic heterocycles. The lowest BCUT2D eigenvalue weighted by molar-refractivity contribution is 0.0666. The van der Waals surface area contributed by atoms with E-state index in [1.807, 2.05) is 30.3 Å². The monoisotopic (exact) mass is 395 g/mol. The Balaban J connectivity index is 1.85. The second-order valence-electron chi connectivity index (χ2n) is 6.04. The maximum Gasteiger partial charge on any atom is 0.244 e. The fraction of sp³-hybridized carbons (Fsp3) is 0.222. The van der Waals surface area contributed by atoms with Crippen molar-refractivity contribution in [2.24, 2.45) is 0 Å². The van der Waals surface area contributed by atoms with Crippen LogP contribution in [0.4, 0.5) is 4.39 Å². The molecule has 0 saturated heterocycles. The number of rotatable bonds is 6. The number of hydrogen-bond donors (Lipinski definition) is 2. The zero-order chi connectivity index (χ0) is 18.9. The van der Waals surface area contributed by atoms with Crippen molar-refractivity contribution in [2.45, 2.75) is 17.4 Å². The predicted octanol–water partition coefficient (Wildman–Crippen LogP) is 3.24. The molecular weight excluding hydrogens is 377 g/mol. The topological polar surface area (TPSA) is 75.6 Å². The molecule has 0 aliphatic heterocycles. The Morgan fingerprint density at radius 3 is 2.65 bits per heavy atom. The molecule has 0 spiro atoms. The Bertz CT molecular complexity index is 1010. The molecule has 0 amide bonds. The van der Waals surface area contributed by atoms with Crippen molar-refractivity contribution in [1.82, 2.24) is 4.72 Å². The van der Waals surface area contributed by atoms with Crippen LogP contribution in [0.1, 0.15) is 11.8 Å². The van der Waals surface area contributed by atoms with Gasteiger partial charge in [0.15, 0.2) is 0 Å². The minimum atomic E-state index is -4.07. The summed E-state index contributed by atoms with van der Waals surface area (Å²) in [4.78, 5) is 0.319. The summed E-state index contributed by atoms with van der Waals surface area (Å²) in [6.07, 6.45) is 0. The van der Waals surface area contributed by atoms with Gasteiger partial charge in [0.25, 0.3) is 0 Å². The zero-order valence-corrected chi connectivity index (χ0v) is 15.8. The van der Waals surface area contributed by atoms with Crippen LogP contribution in [0.5, 0.6) is 5.75 Å². The molecule has 3 aromatic rings. The molecule has 3 rings (SSSR count). The summed E-state index contributed by atoms with van der Waals surface area (Å²) in [5.41, 5.74) is -1.42. The van der Waals surface area contributed by atoms with Crippen LogP contribution in [0.3, 0.4) is 0 Å². The van der Waals surface area contributed by atoms with E-state index in [0.717, 1.165) is 22.2 Å². The zero-order valence-electron chi connectivity index (χ0n) is 14.2. The molecule has 8 heteroatoms. The Morgan fingerprint density at radius 2 is 1.96 bits per heavy atom. The Morgan fingerprint density at radius 1 is 1.23 bits per heavy atom. The van der Waals surface area contributed by atoms with E-state index >= 15 is 0 Å². The number of benzene rings is 2. The van der Waals surface area contributed by atoms with Gasteiger partial charge in [0.05, 0.1) is 7.11 Å². The van der Waals surface area contributed by atoms with Crippen molar-refractivity contribution in [2.75, 3.05) is 13.7 Å². The minimum absolute atomic E-state index is 0.0282. The number of methoxy groups -OCH3 is 1. The van der Waals surface area contributed by atoms with E-state index in [1.165, 1.54) is 31.4 Å². The quantitative estimate of drug-likeness (QED) is 0.672. The Kier molecular flexibility index (Phi) is 5.03. The highest BCUT2D eigenvalue weighted by Crippen LogP contribution is 2.33. The fourth-order valence-corrected chi connectivity index (χ4v) is 4.93. The van der Waals surface area contributed by atoms with Crippen LogP contribution >= 0.6 is 11.3 Å². The lowest BCUT2D eigenvalue weighted by atomic mass is 10.1. The summed E-state index contributed by atoms with van der Waals surface area (Å²) >= 11 is 1.39. The molecule has 1 heterocycles. The first kappa shape index (κ1) is 18.8. The molecule has 2 aromatic carbocycles. The standard InChI is InChI=1S/C18H18FNO4S2/c1-18(21,17-9-12-5-3-4-6-15(12)25-17)11-20-26(22,23)16-10-13(19)7-8-14(16)24-2/h3-10,20-21H,11H2,1-2H3/t18-/m0/s1. The van der Waals surface area contributed by atoms with E-state index in [9.17, 15) is 17.9 Å². The van der Waals surface area contributed by atoms with Crippen molar-refractivity contribution < 1.29 is 22.7 Å². The summed E-state index contributed by atoms with van der Waals surface area (Å²) < 4.78 is 46.9. The van der Waals surface area contributed by atoms with Crippen LogP contribution in [0, 0.1) is 5.82 Å². The number of aliphatic hydroxyl groups is 1. The van der Waals surface area contributed by atoms with Gasteiger partial charge in [-0.3, -0.25) is 0 Å². The highest BCUT2D eigenvalue weighted by Gasteiger charge is 2.29. The van der Waals surface area contributed by atoms with Crippen molar-refractivity contribution in [3.63, 3.8) is 0 Å². The molecule has 0 aliphatic carbocycles. The lowest BCUT2D eigenvalue weighted by Crippen LogP contribution is -2.38. The molecule has 0 unspecified atom stereocenters. The molecule has 0 saturated carbocycles. The molecule has 1 atom stereocenters. The first-order valence-electron chi connectivity index (χ1n) is 7.77. The van der Waals surface area contributed by atoms with Crippen molar-refractivity contribution in [3.05, 3.63) is 59.2 Å². The van der Waals surface area contributed by atoms with E-state index in [0.29, 0.717) is 4.88 Å². The molecule has 0 bridgehead atoms. The van der Waals surface area contributed by atoms with Crippen molar-refractivity contribution >= 4 is 31.4 Å². The van der Waals surface area contributed by atoms with E-state index < -0.39 is 21.4 Å². The number of hydrogen-bond acceptors (Lipinski definition) is 5. The second kappa shape index (κ2) is 6.96. The highest BCUT2D eigenvalue weighted by molar-refractivity contribution is 7.89. The van der Waals surface area contributed by atoms with E-state index in [2.05, 4.69) is 4.72 Å². The summed E-state index contributed by atoms with van der Waals surface area (Å²) in [6, 6.07) is 12.7. The van der Waals surface area contributed by atoms with Gasteiger partial charge in [-0.1, -0.05) is 18.2 Å². The summed E-state index contributed by atoms with van der Waals surface area (Å²) in [6.45, 7) is 1.27. The number of fused-ring (bicyclic) bond motifs is 1. The normalized spacial score (nSPS) is 14.3. The Labute approximate surface area is 155 Å². The van der Waals surface area contributed by atoms with Gasteiger partial charge in [-0.15, -0.1) is 11.3 Å². The van der Waals surface area contributed by atoms with E-state index in [-0.39, 0.29) is 17.2 Å². The molecule has 2 N–H and O–H groups in total. The van der Waals surface area contributed by atoms with Crippen molar-refractivity contribution in [1.29, 1.82) is 0 Å². The molecule has 138 valence electrons. The largest absolute Gasteiger partial charge is 0.495 e. The van der Waals surface area contributed by atoms with E-state index in [1.54, 1.807) is 0 Å². The molecule has 0 aliphatic rings. The SMILES string of the molecule is COc1ccc(F)cc1S(=O)(=O)NC[C@](C)(O)c1cc2ccccc2s1. The second-order valence-corrected chi connectivity index (χ2v) is 8.86. The van der Waals surface area contributed by atoms with Gasteiger partial charge >= 0.3 is 0 Å². The number of nitrogens with one attached hydrogen (secondary N) is 1. The number of ether oxygens (including phenoxy) is 1. The van der Waals surface area contributed by atoms with Gasteiger partial charge in [-0.05, 0) is 42.6 Å². The van der Waals surface area contributed by atoms with Gasteiger partial charge in [0.2, 0.25) is 10.0 Å². The summed E-state index contributed by atoms with van der Waals surface area (Å²) in [5.74, 6) is -0.664. The van der Waals surface area contributed by atoms with Crippen LogP contribution < -0.4 is 9.46 Å². The lowest BCUT2D eigenvalue weighted by Gasteiger charge is -2.22. The number of thiophene rings is 1. The molecule has 26 heavy (non-hydrogen) atoms. The van der Waals surface area contributed by atoms with Gasteiger partial charge < -0.3 is 9.84 Å².